The largest absolute Gasteiger partial charge is 0.349 e. The van der Waals surface area contributed by atoms with Crippen LogP contribution in [-0.2, 0) is 23.2 Å². The molecule has 1 atom stereocenters. The first kappa shape index (κ1) is 15.8. The van der Waals surface area contributed by atoms with Crippen LogP contribution in [0.1, 0.15) is 12.2 Å². The predicted molar refractivity (Wildman–Crippen MR) is 95.1 cm³/mol. The summed E-state index contributed by atoms with van der Waals surface area (Å²) in [6.07, 6.45) is 3.73. The fraction of sp³-hybridized carbons (Fsp3) is 0.294. The van der Waals surface area contributed by atoms with Crippen molar-refractivity contribution in [3.05, 3.63) is 42.5 Å². The number of carbonyl (C=O) groups excluding carboxylic acids is 2. The number of nitrogens with one attached hydrogen (secondary N) is 1. The molecule has 128 valence electrons. The zero-order valence-corrected chi connectivity index (χ0v) is 14.5. The summed E-state index contributed by atoms with van der Waals surface area (Å²) in [7, 11) is 1.88. The second-order valence-electron chi connectivity index (χ2n) is 6.04. The molecule has 1 saturated heterocycles. The SMILES string of the molecule is Cn1ccnc1CNC(=O)C1CC(=O)N(c2nc3ccccc3s2)C1. The summed E-state index contributed by atoms with van der Waals surface area (Å²) in [5.74, 6) is 0.233. The zero-order chi connectivity index (χ0) is 17.4. The molecule has 25 heavy (non-hydrogen) atoms. The molecule has 3 aromatic rings. The van der Waals surface area contributed by atoms with Gasteiger partial charge in [-0.15, -0.1) is 0 Å². The lowest BCUT2D eigenvalue weighted by atomic mass is 10.1. The number of carbonyl (C=O) groups is 2. The summed E-state index contributed by atoms with van der Waals surface area (Å²) in [4.78, 5) is 35.1. The van der Waals surface area contributed by atoms with Crippen LogP contribution in [0.25, 0.3) is 10.2 Å². The number of hydrogen-bond acceptors (Lipinski definition) is 5. The number of nitrogens with zero attached hydrogens (tertiary/aromatic N) is 4. The normalized spacial score (nSPS) is 17.4. The van der Waals surface area contributed by atoms with Crippen molar-refractivity contribution in [2.75, 3.05) is 11.4 Å². The standard InChI is InChI=1S/C17H17N5O2S/c1-21-7-6-18-14(21)9-19-16(24)11-8-15(23)22(10-11)17-20-12-4-2-3-5-13(12)25-17/h2-7,11H,8-10H2,1H3,(H,19,24). The van der Waals surface area contributed by atoms with Gasteiger partial charge in [-0.25, -0.2) is 9.97 Å². The minimum atomic E-state index is -0.361. The highest BCUT2D eigenvalue weighted by Crippen LogP contribution is 2.32. The van der Waals surface area contributed by atoms with E-state index in [9.17, 15) is 9.59 Å². The van der Waals surface area contributed by atoms with Gasteiger partial charge in [-0.2, -0.15) is 0 Å². The minimum Gasteiger partial charge on any atom is -0.349 e. The topological polar surface area (TPSA) is 80.1 Å². The molecule has 1 aromatic carbocycles. The molecule has 2 aromatic heterocycles. The summed E-state index contributed by atoms with van der Waals surface area (Å²) >= 11 is 1.47. The van der Waals surface area contributed by atoms with Crippen LogP contribution >= 0.6 is 11.3 Å². The molecule has 0 radical (unpaired) electrons. The van der Waals surface area contributed by atoms with Crippen LogP contribution in [-0.4, -0.2) is 32.9 Å². The second kappa shape index (κ2) is 6.29. The van der Waals surface area contributed by atoms with Gasteiger partial charge in [0, 0.05) is 32.4 Å². The Kier molecular flexibility index (Phi) is 3.96. The number of amides is 2. The Hall–Kier alpha value is -2.74. The van der Waals surface area contributed by atoms with Crippen LogP contribution in [0, 0.1) is 5.92 Å². The third-order valence-corrected chi connectivity index (χ3v) is 5.41. The van der Waals surface area contributed by atoms with E-state index in [0.29, 0.717) is 18.2 Å². The molecule has 1 fully saturated rings. The summed E-state index contributed by atoms with van der Waals surface area (Å²) in [5, 5.41) is 3.53. The highest BCUT2D eigenvalue weighted by atomic mass is 32.1. The molecular weight excluding hydrogens is 338 g/mol. The molecule has 0 saturated carbocycles. The number of aromatic nitrogens is 3. The van der Waals surface area contributed by atoms with Gasteiger partial charge in [0.25, 0.3) is 0 Å². The van der Waals surface area contributed by atoms with E-state index < -0.39 is 0 Å². The number of para-hydroxylation sites is 1. The third-order valence-electron chi connectivity index (χ3n) is 4.35. The van der Waals surface area contributed by atoms with Crippen molar-refractivity contribution in [2.24, 2.45) is 13.0 Å². The Labute approximate surface area is 148 Å². The minimum absolute atomic E-state index is 0.0591. The molecule has 8 heteroatoms. The highest BCUT2D eigenvalue weighted by molar-refractivity contribution is 7.22. The molecule has 4 rings (SSSR count). The van der Waals surface area contributed by atoms with Gasteiger partial charge in [-0.3, -0.25) is 14.5 Å². The van der Waals surface area contributed by atoms with Crippen molar-refractivity contribution >= 4 is 38.5 Å². The van der Waals surface area contributed by atoms with Crippen molar-refractivity contribution < 1.29 is 9.59 Å². The van der Waals surface area contributed by atoms with E-state index >= 15 is 0 Å². The number of benzene rings is 1. The zero-order valence-electron chi connectivity index (χ0n) is 13.7. The first-order valence-corrected chi connectivity index (χ1v) is 8.83. The van der Waals surface area contributed by atoms with Crippen molar-refractivity contribution in [3.8, 4) is 0 Å². The van der Waals surface area contributed by atoms with Crippen LogP contribution in [0.4, 0.5) is 5.13 Å². The first-order valence-electron chi connectivity index (χ1n) is 8.01. The van der Waals surface area contributed by atoms with Gasteiger partial charge < -0.3 is 9.88 Å². The molecule has 0 bridgehead atoms. The maximum Gasteiger partial charge on any atom is 0.229 e. The maximum atomic E-state index is 12.4. The van der Waals surface area contributed by atoms with E-state index in [4.69, 9.17) is 0 Å². The molecule has 1 N–H and O–H groups in total. The number of rotatable bonds is 4. The fourth-order valence-corrected chi connectivity index (χ4v) is 3.91. The van der Waals surface area contributed by atoms with Crippen LogP contribution in [0.3, 0.4) is 0 Å². The Morgan fingerprint density at radius 3 is 3.00 bits per heavy atom. The number of hydrogen-bond donors (Lipinski definition) is 1. The van der Waals surface area contributed by atoms with E-state index in [1.165, 1.54) is 11.3 Å². The molecule has 2 amide bonds. The monoisotopic (exact) mass is 355 g/mol. The Morgan fingerprint density at radius 1 is 1.40 bits per heavy atom. The van der Waals surface area contributed by atoms with Gasteiger partial charge in [0.1, 0.15) is 5.82 Å². The molecular formula is C17H17N5O2S. The van der Waals surface area contributed by atoms with Gasteiger partial charge in [-0.1, -0.05) is 23.5 Å². The number of aryl methyl sites for hydroxylation is 1. The number of anilines is 1. The van der Waals surface area contributed by atoms with Gasteiger partial charge in [0.2, 0.25) is 11.8 Å². The summed E-state index contributed by atoms with van der Waals surface area (Å²) < 4.78 is 2.89. The molecule has 3 heterocycles. The molecule has 7 nitrogen and oxygen atoms in total. The fourth-order valence-electron chi connectivity index (χ4n) is 2.92. The molecule has 1 unspecified atom stereocenters. The second-order valence-corrected chi connectivity index (χ2v) is 7.05. The highest BCUT2D eigenvalue weighted by Gasteiger charge is 2.36. The van der Waals surface area contributed by atoms with Crippen molar-refractivity contribution in [1.82, 2.24) is 19.9 Å². The lowest BCUT2D eigenvalue weighted by Gasteiger charge is -2.13. The number of imidazole rings is 1. The Balaban J connectivity index is 1.44. The first-order chi connectivity index (χ1) is 12.1. The molecule has 0 aliphatic carbocycles. The summed E-state index contributed by atoms with van der Waals surface area (Å²) in [5.41, 5.74) is 0.873. The van der Waals surface area contributed by atoms with Gasteiger partial charge in [-0.05, 0) is 12.1 Å². The van der Waals surface area contributed by atoms with E-state index in [1.807, 2.05) is 42.1 Å². The summed E-state index contributed by atoms with van der Waals surface area (Å²) in [6.45, 7) is 0.721. The van der Waals surface area contributed by atoms with Gasteiger partial charge >= 0.3 is 0 Å². The molecule has 1 aliphatic heterocycles. The smallest absolute Gasteiger partial charge is 0.229 e. The number of thiazole rings is 1. The predicted octanol–water partition coefficient (Wildman–Crippen LogP) is 1.70. The molecule has 1 aliphatic rings. The van der Waals surface area contributed by atoms with E-state index in [-0.39, 0.29) is 24.2 Å². The van der Waals surface area contributed by atoms with Crippen LogP contribution in [0.5, 0.6) is 0 Å². The van der Waals surface area contributed by atoms with Gasteiger partial charge in [0.05, 0.1) is 22.7 Å². The van der Waals surface area contributed by atoms with Crippen molar-refractivity contribution in [2.45, 2.75) is 13.0 Å². The van der Waals surface area contributed by atoms with Crippen molar-refractivity contribution in [3.63, 3.8) is 0 Å². The van der Waals surface area contributed by atoms with E-state index in [1.54, 1.807) is 11.1 Å². The average Bonchev–Trinajstić information content (AvgIpc) is 3.30. The Morgan fingerprint density at radius 2 is 2.24 bits per heavy atom. The quantitative estimate of drug-likeness (QED) is 0.772. The Bertz CT molecular complexity index is 914. The lowest BCUT2D eigenvalue weighted by molar-refractivity contribution is -0.126. The van der Waals surface area contributed by atoms with E-state index in [2.05, 4.69) is 15.3 Å². The van der Waals surface area contributed by atoms with E-state index in [0.717, 1.165) is 16.0 Å². The molecule has 0 spiro atoms. The van der Waals surface area contributed by atoms with Crippen LogP contribution in [0.2, 0.25) is 0 Å². The maximum absolute atomic E-state index is 12.4. The average molecular weight is 355 g/mol. The van der Waals surface area contributed by atoms with Crippen LogP contribution in [0.15, 0.2) is 36.7 Å². The van der Waals surface area contributed by atoms with Crippen molar-refractivity contribution in [1.29, 1.82) is 0 Å². The number of fused-ring (bicyclic) bond motifs is 1. The lowest BCUT2D eigenvalue weighted by Crippen LogP contribution is -2.33. The third kappa shape index (κ3) is 3.00. The summed E-state index contributed by atoms with van der Waals surface area (Å²) in [6, 6.07) is 7.77. The van der Waals surface area contributed by atoms with Crippen LogP contribution < -0.4 is 10.2 Å². The van der Waals surface area contributed by atoms with Gasteiger partial charge in [0.15, 0.2) is 5.13 Å².